The summed E-state index contributed by atoms with van der Waals surface area (Å²) in [6.07, 6.45) is -0.328. The minimum Gasteiger partial charge on any atom is -0.446 e. The van der Waals surface area contributed by atoms with Crippen molar-refractivity contribution in [1.29, 1.82) is 0 Å². The Kier molecular flexibility index (Phi) is 3.25. The standard InChI is InChI=1S/C11H11BrN2O4/c1-5-3-7-4-8(12)10(14(16)17)6(2)9(7)13-11(15)18-5/h4-5H,3H2,1-2H3,(H,13,15). The van der Waals surface area contributed by atoms with Crippen LogP contribution in [0.2, 0.25) is 0 Å². The summed E-state index contributed by atoms with van der Waals surface area (Å²) in [6, 6.07) is 1.66. The molecule has 1 aromatic carbocycles. The van der Waals surface area contributed by atoms with Gasteiger partial charge in [0.05, 0.1) is 20.6 Å². The predicted molar refractivity (Wildman–Crippen MR) is 68.8 cm³/mol. The van der Waals surface area contributed by atoms with Crippen LogP contribution in [-0.2, 0) is 11.2 Å². The summed E-state index contributed by atoms with van der Waals surface area (Å²) in [6.45, 7) is 3.39. The van der Waals surface area contributed by atoms with Crippen molar-refractivity contribution in [3.05, 3.63) is 31.8 Å². The normalized spacial score (nSPS) is 18.4. The number of carbonyl (C=O) groups is 1. The van der Waals surface area contributed by atoms with Crippen molar-refractivity contribution in [2.24, 2.45) is 0 Å². The highest BCUT2D eigenvalue weighted by molar-refractivity contribution is 9.10. The summed E-state index contributed by atoms with van der Waals surface area (Å²) < 4.78 is 5.46. The Hall–Kier alpha value is -1.63. The third-order valence-electron chi connectivity index (χ3n) is 2.80. The molecule has 1 amide bonds. The number of ether oxygens (including phenoxy) is 1. The fourth-order valence-electron chi connectivity index (χ4n) is 2.06. The molecule has 96 valence electrons. The second-order valence-electron chi connectivity index (χ2n) is 4.17. The van der Waals surface area contributed by atoms with Crippen LogP contribution < -0.4 is 5.32 Å². The van der Waals surface area contributed by atoms with Crippen LogP contribution in [0.3, 0.4) is 0 Å². The largest absolute Gasteiger partial charge is 0.446 e. The number of benzene rings is 1. The summed E-state index contributed by atoms with van der Waals surface area (Å²) in [5, 5.41) is 13.5. The summed E-state index contributed by atoms with van der Waals surface area (Å²) in [4.78, 5) is 22.0. The van der Waals surface area contributed by atoms with Gasteiger partial charge in [0.15, 0.2) is 0 Å². The van der Waals surface area contributed by atoms with Crippen molar-refractivity contribution in [2.75, 3.05) is 5.32 Å². The molecule has 18 heavy (non-hydrogen) atoms. The number of hydrogen-bond donors (Lipinski definition) is 1. The smallest absolute Gasteiger partial charge is 0.411 e. The van der Waals surface area contributed by atoms with Crippen LogP contribution in [-0.4, -0.2) is 17.1 Å². The maximum Gasteiger partial charge on any atom is 0.411 e. The molecule has 1 unspecified atom stereocenters. The van der Waals surface area contributed by atoms with Crippen molar-refractivity contribution >= 4 is 33.4 Å². The second kappa shape index (κ2) is 4.56. The highest BCUT2D eigenvalue weighted by Gasteiger charge is 2.27. The lowest BCUT2D eigenvalue weighted by atomic mass is 10.0. The highest BCUT2D eigenvalue weighted by Crippen LogP contribution is 2.38. The molecule has 1 heterocycles. The minimum absolute atomic E-state index is 0.0383. The number of nitrogens with zero attached hydrogens (tertiary/aromatic N) is 1. The Morgan fingerprint density at radius 3 is 2.89 bits per heavy atom. The highest BCUT2D eigenvalue weighted by atomic mass is 79.9. The van der Waals surface area contributed by atoms with E-state index in [0.717, 1.165) is 5.56 Å². The average Bonchev–Trinajstić information content (AvgIpc) is 2.35. The van der Waals surface area contributed by atoms with Gasteiger partial charge >= 0.3 is 6.09 Å². The molecule has 0 spiro atoms. The van der Waals surface area contributed by atoms with E-state index in [1.54, 1.807) is 19.9 Å². The average molecular weight is 315 g/mol. The van der Waals surface area contributed by atoms with E-state index in [4.69, 9.17) is 4.74 Å². The lowest BCUT2D eigenvalue weighted by Crippen LogP contribution is -2.17. The van der Waals surface area contributed by atoms with Crippen molar-refractivity contribution < 1.29 is 14.5 Å². The molecular formula is C11H11BrN2O4. The van der Waals surface area contributed by atoms with Gasteiger partial charge in [-0.15, -0.1) is 0 Å². The van der Waals surface area contributed by atoms with Gasteiger partial charge in [-0.2, -0.15) is 0 Å². The zero-order chi connectivity index (χ0) is 13.4. The lowest BCUT2D eigenvalue weighted by Gasteiger charge is -2.11. The number of fused-ring (bicyclic) bond motifs is 1. The SMILES string of the molecule is Cc1c2c(cc(Br)c1[N+](=O)[O-])CC(C)OC(=O)N2. The first-order valence-electron chi connectivity index (χ1n) is 5.34. The van der Waals surface area contributed by atoms with E-state index in [2.05, 4.69) is 21.2 Å². The minimum atomic E-state index is -0.582. The van der Waals surface area contributed by atoms with E-state index >= 15 is 0 Å². The fraction of sp³-hybridized carbons (Fsp3) is 0.364. The number of hydrogen-bond acceptors (Lipinski definition) is 4. The molecule has 6 nitrogen and oxygen atoms in total. The van der Waals surface area contributed by atoms with Crippen LogP contribution in [0.4, 0.5) is 16.2 Å². The van der Waals surface area contributed by atoms with Gasteiger partial charge in [0.2, 0.25) is 0 Å². The van der Waals surface area contributed by atoms with E-state index < -0.39 is 11.0 Å². The van der Waals surface area contributed by atoms with Crippen LogP contribution in [0.25, 0.3) is 0 Å². The number of nitro groups is 1. The molecule has 1 aromatic rings. The van der Waals surface area contributed by atoms with Crippen LogP contribution in [0.15, 0.2) is 10.5 Å². The molecule has 2 rings (SSSR count). The molecule has 1 atom stereocenters. The summed E-state index contributed by atoms with van der Waals surface area (Å²) in [5.74, 6) is 0. The predicted octanol–water partition coefficient (Wildman–Crippen LogP) is 3.16. The van der Waals surface area contributed by atoms with Crippen molar-refractivity contribution in [3.63, 3.8) is 0 Å². The molecule has 7 heteroatoms. The molecule has 0 aliphatic carbocycles. The molecule has 1 aliphatic heterocycles. The molecular weight excluding hydrogens is 304 g/mol. The molecule has 0 bridgehead atoms. The molecule has 0 radical (unpaired) electrons. The maximum atomic E-state index is 11.5. The van der Waals surface area contributed by atoms with Gasteiger partial charge in [-0.05, 0) is 41.4 Å². The van der Waals surface area contributed by atoms with E-state index in [1.807, 2.05) is 0 Å². The molecule has 1 N–H and O–H groups in total. The Morgan fingerprint density at radius 2 is 2.28 bits per heavy atom. The number of halogens is 1. The van der Waals surface area contributed by atoms with E-state index in [0.29, 0.717) is 22.1 Å². The van der Waals surface area contributed by atoms with Crippen LogP contribution >= 0.6 is 15.9 Å². The number of amides is 1. The number of rotatable bonds is 1. The van der Waals surface area contributed by atoms with Crippen LogP contribution in [0.5, 0.6) is 0 Å². The Labute approximate surface area is 112 Å². The molecule has 1 aliphatic rings. The van der Waals surface area contributed by atoms with Crippen molar-refractivity contribution in [3.8, 4) is 0 Å². The first-order chi connectivity index (χ1) is 8.40. The number of anilines is 1. The topological polar surface area (TPSA) is 81.5 Å². The third-order valence-corrected chi connectivity index (χ3v) is 3.41. The van der Waals surface area contributed by atoms with Gasteiger partial charge in [0.1, 0.15) is 6.10 Å². The second-order valence-corrected chi connectivity index (χ2v) is 5.02. The lowest BCUT2D eigenvalue weighted by molar-refractivity contribution is -0.386. The van der Waals surface area contributed by atoms with E-state index in [1.165, 1.54) is 0 Å². The summed E-state index contributed by atoms with van der Waals surface area (Å²) in [7, 11) is 0. The van der Waals surface area contributed by atoms with Crippen LogP contribution in [0.1, 0.15) is 18.1 Å². The molecule has 0 saturated carbocycles. The van der Waals surface area contributed by atoms with Gasteiger partial charge < -0.3 is 4.74 Å². The maximum absolute atomic E-state index is 11.5. The zero-order valence-corrected chi connectivity index (χ0v) is 11.4. The third kappa shape index (κ3) is 2.17. The van der Waals surface area contributed by atoms with Crippen LogP contribution in [0, 0.1) is 17.0 Å². The Morgan fingerprint density at radius 1 is 1.61 bits per heavy atom. The zero-order valence-electron chi connectivity index (χ0n) is 9.82. The van der Waals surface area contributed by atoms with Gasteiger partial charge in [-0.1, -0.05) is 0 Å². The van der Waals surface area contributed by atoms with Gasteiger partial charge in [-0.3, -0.25) is 15.4 Å². The quantitative estimate of drug-likeness (QED) is 0.637. The number of nitro benzene ring substituents is 1. The number of cyclic esters (lactones) is 1. The first kappa shape index (κ1) is 12.8. The van der Waals surface area contributed by atoms with Gasteiger partial charge in [0, 0.05) is 6.42 Å². The summed E-state index contributed by atoms with van der Waals surface area (Å²) >= 11 is 3.19. The Balaban J connectivity index is 2.63. The van der Waals surface area contributed by atoms with E-state index in [-0.39, 0.29) is 11.8 Å². The van der Waals surface area contributed by atoms with E-state index in [9.17, 15) is 14.9 Å². The fourth-order valence-corrected chi connectivity index (χ4v) is 2.78. The molecule has 0 saturated heterocycles. The molecule has 0 aromatic heterocycles. The number of nitrogens with one attached hydrogen (secondary N) is 1. The molecule has 0 fully saturated rings. The van der Waals surface area contributed by atoms with Crippen molar-refractivity contribution in [1.82, 2.24) is 0 Å². The van der Waals surface area contributed by atoms with Gasteiger partial charge in [0.25, 0.3) is 5.69 Å². The Bertz CT molecular complexity index is 544. The van der Waals surface area contributed by atoms with Crippen molar-refractivity contribution in [2.45, 2.75) is 26.4 Å². The van der Waals surface area contributed by atoms with Gasteiger partial charge in [-0.25, -0.2) is 4.79 Å². The monoisotopic (exact) mass is 314 g/mol. The number of carbonyl (C=O) groups excluding carboxylic acids is 1. The summed E-state index contributed by atoms with van der Waals surface area (Å²) in [5.41, 5.74) is 1.68. The first-order valence-corrected chi connectivity index (χ1v) is 6.13.